The highest BCUT2D eigenvalue weighted by molar-refractivity contribution is 9.09. The van der Waals surface area contributed by atoms with Crippen molar-refractivity contribution in [2.24, 2.45) is 0 Å². The largest absolute Gasteiger partial charge is 0.457 e. The van der Waals surface area contributed by atoms with Crippen LogP contribution in [-0.2, 0) is 9.84 Å². The molecular formula is C15H15BrO3S. The van der Waals surface area contributed by atoms with Gasteiger partial charge < -0.3 is 4.74 Å². The minimum Gasteiger partial charge on any atom is -0.457 e. The number of benzene rings is 2. The lowest BCUT2D eigenvalue weighted by Gasteiger charge is -2.10. The lowest BCUT2D eigenvalue weighted by atomic mass is 10.2. The Morgan fingerprint density at radius 3 is 2.10 bits per heavy atom. The van der Waals surface area contributed by atoms with Crippen LogP contribution in [0, 0.1) is 0 Å². The van der Waals surface area contributed by atoms with Crippen LogP contribution in [0.2, 0.25) is 0 Å². The zero-order chi connectivity index (χ0) is 14.6. The molecule has 0 radical (unpaired) electrons. The topological polar surface area (TPSA) is 43.4 Å². The molecule has 2 aromatic rings. The van der Waals surface area contributed by atoms with Gasteiger partial charge in [-0.3, -0.25) is 0 Å². The van der Waals surface area contributed by atoms with Crippen molar-refractivity contribution in [3.63, 3.8) is 0 Å². The van der Waals surface area contributed by atoms with Gasteiger partial charge in [0.25, 0.3) is 0 Å². The van der Waals surface area contributed by atoms with Crippen molar-refractivity contribution in [2.75, 3.05) is 12.0 Å². The van der Waals surface area contributed by atoms with Crippen LogP contribution in [0.15, 0.2) is 54.6 Å². The minimum absolute atomic E-state index is 0.0753. The van der Waals surface area contributed by atoms with E-state index < -0.39 is 9.84 Å². The number of halogens is 1. The Hall–Kier alpha value is -1.33. The maximum absolute atomic E-state index is 11.3. The van der Waals surface area contributed by atoms with E-state index in [0.29, 0.717) is 0 Å². The summed E-state index contributed by atoms with van der Waals surface area (Å²) in [7, 11) is -3.01. The zero-order valence-corrected chi connectivity index (χ0v) is 13.4. The first-order valence-electron chi connectivity index (χ1n) is 6.09. The summed E-state index contributed by atoms with van der Waals surface area (Å²) in [6, 6.07) is 16.9. The van der Waals surface area contributed by atoms with Crippen LogP contribution in [0.5, 0.6) is 11.5 Å². The molecular weight excluding hydrogens is 340 g/mol. The molecule has 0 bridgehead atoms. The normalized spacial score (nSPS) is 12.9. The van der Waals surface area contributed by atoms with Crippen LogP contribution in [0.25, 0.3) is 0 Å². The van der Waals surface area contributed by atoms with Gasteiger partial charge in [0.1, 0.15) is 21.3 Å². The number of hydrogen-bond acceptors (Lipinski definition) is 3. The van der Waals surface area contributed by atoms with Gasteiger partial charge in [0.2, 0.25) is 0 Å². The van der Waals surface area contributed by atoms with Crippen LogP contribution >= 0.6 is 15.9 Å². The smallest absolute Gasteiger partial charge is 0.148 e. The fourth-order valence-electron chi connectivity index (χ4n) is 1.73. The van der Waals surface area contributed by atoms with E-state index in [0.717, 1.165) is 17.1 Å². The summed E-state index contributed by atoms with van der Waals surface area (Å²) in [4.78, 5) is -0.205. The molecule has 0 aliphatic carbocycles. The highest BCUT2D eigenvalue weighted by Gasteiger charge is 2.14. The summed E-state index contributed by atoms with van der Waals surface area (Å²) in [5, 5.41) is 0. The predicted molar refractivity (Wildman–Crippen MR) is 84.3 cm³/mol. The molecule has 0 fully saturated rings. The Morgan fingerprint density at radius 2 is 1.55 bits per heavy atom. The molecule has 5 heteroatoms. The number of hydrogen-bond donors (Lipinski definition) is 0. The van der Waals surface area contributed by atoms with Crippen molar-refractivity contribution in [1.29, 1.82) is 0 Å². The number of para-hydroxylation sites is 1. The molecule has 0 aliphatic rings. The third kappa shape index (κ3) is 4.65. The molecule has 0 N–H and O–H groups in total. The third-order valence-corrected chi connectivity index (χ3v) is 4.89. The second-order valence-corrected chi connectivity index (χ2v) is 7.83. The fraction of sp³-hybridized carbons (Fsp3) is 0.200. The molecule has 1 unspecified atom stereocenters. The van der Waals surface area contributed by atoms with Crippen molar-refractivity contribution in [3.8, 4) is 11.5 Å². The maximum atomic E-state index is 11.3. The summed E-state index contributed by atoms with van der Waals surface area (Å²) in [6.07, 6.45) is 1.23. The molecule has 0 amide bonds. The van der Waals surface area contributed by atoms with Gasteiger partial charge in [0, 0.05) is 6.26 Å². The molecule has 3 nitrogen and oxygen atoms in total. The Morgan fingerprint density at radius 1 is 1.00 bits per heavy atom. The highest BCUT2D eigenvalue weighted by Crippen LogP contribution is 2.27. The van der Waals surface area contributed by atoms with E-state index in [-0.39, 0.29) is 10.6 Å². The molecule has 106 valence electrons. The van der Waals surface area contributed by atoms with Crippen molar-refractivity contribution in [3.05, 3.63) is 60.2 Å². The molecule has 20 heavy (non-hydrogen) atoms. The maximum Gasteiger partial charge on any atom is 0.148 e. The monoisotopic (exact) mass is 354 g/mol. The number of rotatable bonds is 5. The molecule has 2 aromatic carbocycles. The first-order valence-corrected chi connectivity index (χ1v) is 9.06. The second-order valence-electron chi connectivity index (χ2n) is 4.54. The number of ether oxygens (including phenoxy) is 1. The third-order valence-electron chi connectivity index (χ3n) is 2.67. The van der Waals surface area contributed by atoms with E-state index in [1.807, 2.05) is 54.6 Å². The van der Waals surface area contributed by atoms with Crippen LogP contribution in [-0.4, -0.2) is 20.4 Å². The fourth-order valence-corrected chi connectivity index (χ4v) is 4.20. The summed E-state index contributed by atoms with van der Waals surface area (Å²) in [5.41, 5.74) is 0.913. The van der Waals surface area contributed by atoms with Crippen LogP contribution in [0.3, 0.4) is 0 Å². The molecule has 0 aliphatic heterocycles. The SMILES string of the molecule is CS(=O)(=O)CC(Br)c1ccc(Oc2ccccc2)cc1. The van der Waals surface area contributed by atoms with E-state index in [9.17, 15) is 8.42 Å². The molecule has 0 heterocycles. The summed E-state index contributed by atoms with van der Waals surface area (Å²) >= 11 is 3.39. The Kier molecular flexibility index (Phi) is 4.83. The van der Waals surface area contributed by atoms with Crippen molar-refractivity contribution in [2.45, 2.75) is 4.83 Å². The predicted octanol–water partition coefficient (Wildman–Crippen LogP) is 3.96. The molecule has 0 saturated heterocycles. The number of alkyl halides is 1. The molecule has 2 rings (SSSR count). The van der Waals surface area contributed by atoms with Crippen LogP contribution in [0.1, 0.15) is 10.4 Å². The lowest BCUT2D eigenvalue weighted by Crippen LogP contribution is -2.08. The van der Waals surface area contributed by atoms with Gasteiger partial charge in [-0.2, -0.15) is 0 Å². The summed E-state index contributed by atoms with van der Waals surface area (Å²) < 4.78 is 28.2. The van der Waals surface area contributed by atoms with Crippen molar-refractivity contribution >= 4 is 25.8 Å². The van der Waals surface area contributed by atoms with Gasteiger partial charge in [0.05, 0.1) is 10.6 Å². The second kappa shape index (κ2) is 6.41. The Bertz CT molecular complexity index is 651. The standard InChI is InChI=1S/C15H15BrO3S/c1-20(17,18)11-15(16)12-7-9-14(10-8-12)19-13-5-3-2-4-6-13/h2-10,15H,11H2,1H3. The summed E-state index contributed by atoms with van der Waals surface area (Å²) in [5.74, 6) is 1.57. The average Bonchev–Trinajstić information content (AvgIpc) is 2.39. The van der Waals surface area contributed by atoms with E-state index in [1.165, 1.54) is 6.26 Å². The van der Waals surface area contributed by atoms with Gasteiger partial charge in [-0.25, -0.2) is 8.42 Å². The van der Waals surface area contributed by atoms with Crippen LogP contribution < -0.4 is 4.74 Å². The molecule has 0 aromatic heterocycles. The Balaban J connectivity index is 2.07. The van der Waals surface area contributed by atoms with Gasteiger partial charge in [0.15, 0.2) is 0 Å². The number of sulfone groups is 1. The van der Waals surface area contributed by atoms with Gasteiger partial charge in [-0.05, 0) is 29.8 Å². The van der Waals surface area contributed by atoms with E-state index in [4.69, 9.17) is 4.74 Å². The molecule has 0 spiro atoms. The average molecular weight is 355 g/mol. The van der Waals surface area contributed by atoms with Gasteiger partial charge in [-0.1, -0.05) is 46.3 Å². The zero-order valence-electron chi connectivity index (χ0n) is 11.0. The van der Waals surface area contributed by atoms with Gasteiger partial charge in [-0.15, -0.1) is 0 Å². The quantitative estimate of drug-likeness (QED) is 0.763. The van der Waals surface area contributed by atoms with Crippen LogP contribution in [0.4, 0.5) is 0 Å². The molecule has 1 atom stereocenters. The van der Waals surface area contributed by atoms with Crippen molar-refractivity contribution in [1.82, 2.24) is 0 Å². The van der Waals surface area contributed by atoms with E-state index in [1.54, 1.807) is 0 Å². The van der Waals surface area contributed by atoms with E-state index in [2.05, 4.69) is 15.9 Å². The first-order chi connectivity index (χ1) is 9.44. The van der Waals surface area contributed by atoms with Crippen molar-refractivity contribution < 1.29 is 13.2 Å². The lowest BCUT2D eigenvalue weighted by molar-refractivity contribution is 0.482. The van der Waals surface area contributed by atoms with Gasteiger partial charge >= 0.3 is 0 Å². The first kappa shape index (κ1) is 15.1. The minimum atomic E-state index is -3.01. The molecule has 0 saturated carbocycles. The summed E-state index contributed by atoms with van der Waals surface area (Å²) in [6.45, 7) is 0. The Labute approximate surface area is 127 Å². The highest BCUT2D eigenvalue weighted by atomic mass is 79.9. The van der Waals surface area contributed by atoms with E-state index >= 15 is 0 Å².